The Labute approximate surface area is 127 Å². The van der Waals surface area contributed by atoms with Crippen molar-refractivity contribution in [2.45, 2.75) is 46.1 Å². The van der Waals surface area contributed by atoms with E-state index in [1.54, 1.807) is 0 Å². The molecule has 2 N–H and O–H groups in total. The van der Waals surface area contributed by atoms with Crippen LogP contribution in [0.25, 0.3) is 0 Å². The van der Waals surface area contributed by atoms with E-state index in [4.69, 9.17) is 10.5 Å². The van der Waals surface area contributed by atoms with E-state index in [1.807, 2.05) is 37.3 Å². The molecule has 112 valence electrons. The molecule has 0 bridgehead atoms. The molecular weight excluding hydrogens is 258 g/mol. The maximum atomic E-state index is 6.09. The lowest BCUT2D eigenvalue weighted by atomic mass is 9.86. The van der Waals surface area contributed by atoms with Gasteiger partial charge in [0.2, 0.25) is 0 Å². The molecule has 0 spiro atoms. The third kappa shape index (κ3) is 3.64. The summed E-state index contributed by atoms with van der Waals surface area (Å²) in [4.78, 5) is 0. The zero-order chi connectivity index (χ0) is 15.6. The van der Waals surface area contributed by atoms with Gasteiger partial charge < -0.3 is 10.5 Å². The van der Waals surface area contributed by atoms with Gasteiger partial charge in [0, 0.05) is 11.6 Å². The summed E-state index contributed by atoms with van der Waals surface area (Å²) in [6.07, 6.45) is 0. The lowest BCUT2D eigenvalue weighted by molar-refractivity contribution is 0.467. The van der Waals surface area contributed by atoms with Crippen LogP contribution in [0.15, 0.2) is 42.5 Å². The minimum atomic E-state index is -0.0460. The van der Waals surface area contributed by atoms with Gasteiger partial charge in [-0.15, -0.1) is 0 Å². The zero-order valence-corrected chi connectivity index (χ0v) is 13.6. The highest BCUT2D eigenvalue weighted by atomic mass is 16.5. The van der Waals surface area contributed by atoms with Crippen LogP contribution in [-0.2, 0) is 5.41 Å². The molecule has 2 heteroatoms. The Balaban J connectivity index is 2.33. The normalized spacial score (nSPS) is 13.0. The summed E-state index contributed by atoms with van der Waals surface area (Å²) in [5, 5.41) is 0. The number of ether oxygens (including phenoxy) is 1. The summed E-state index contributed by atoms with van der Waals surface area (Å²) in [7, 11) is 0. The Morgan fingerprint density at radius 3 is 2.24 bits per heavy atom. The molecule has 0 unspecified atom stereocenters. The van der Waals surface area contributed by atoms with Gasteiger partial charge in [0.05, 0.1) is 0 Å². The summed E-state index contributed by atoms with van der Waals surface area (Å²) in [6.45, 7) is 10.7. The summed E-state index contributed by atoms with van der Waals surface area (Å²) < 4.78 is 6.09. The fourth-order valence-corrected chi connectivity index (χ4v) is 2.30. The van der Waals surface area contributed by atoms with Crippen LogP contribution in [0.4, 0.5) is 0 Å². The van der Waals surface area contributed by atoms with Gasteiger partial charge in [0.15, 0.2) is 0 Å². The van der Waals surface area contributed by atoms with Crippen LogP contribution in [0, 0.1) is 6.92 Å². The third-order valence-corrected chi connectivity index (χ3v) is 3.67. The predicted molar refractivity (Wildman–Crippen MR) is 89.0 cm³/mol. The Bertz CT molecular complexity index is 624. The Hall–Kier alpha value is -1.80. The van der Waals surface area contributed by atoms with Crippen molar-refractivity contribution in [3.05, 3.63) is 59.2 Å². The highest BCUT2D eigenvalue weighted by Gasteiger charge is 2.15. The SMILES string of the molecule is Cc1cc(C(C)(C)C)ccc1Oc1ccccc1[C@@H](C)N. The van der Waals surface area contributed by atoms with E-state index in [0.717, 1.165) is 22.6 Å². The standard InChI is InChI=1S/C19H25NO/c1-13-12-15(19(3,4)5)10-11-17(13)21-18-9-7-6-8-16(18)14(2)20/h6-12,14H,20H2,1-5H3/t14-/m1/s1. The molecule has 1 atom stereocenters. The lowest BCUT2D eigenvalue weighted by Crippen LogP contribution is -2.11. The maximum Gasteiger partial charge on any atom is 0.132 e. The topological polar surface area (TPSA) is 35.2 Å². The lowest BCUT2D eigenvalue weighted by Gasteiger charge is -2.21. The zero-order valence-electron chi connectivity index (χ0n) is 13.6. The van der Waals surface area contributed by atoms with E-state index in [2.05, 4.69) is 39.8 Å². The highest BCUT2D eigenvalue weighted by molar-refractivity contribution is 5.44. The molecule has 0 aromatic heterocycles. The molecule has 2 nitrogen and oxygen atoms in total. The quantitative estimate of drug-likeness (QED) is 0.850. The van der Waals surface area contributed by atoms with Crippen LogP contribution < -0.4 is 10.5 Å². The van der Waals surface area contributed by atoms with Gasteiger partial charge in [0.1, 0.15) is 11.5 Å². The number of aryl methyl sites for hydroxylation is 1. The third-order valence-electron chi connectivity index (χ3n) is 3.67. The van der Waals surface area contributed by atoms with Crippen molar-refractivity contribution in [3.63, 3.8) is 0 Å². The summed E-state index contributed by atoms with van der Waals surface area (Å²) >= 11 is 0. The van der Waals surface area contributed by atoms with E-state index in [9.17, 15) is 0 Å². The molecule has 0 radical (unpaired) electrons. The number of para-hydroxylation sites is 1. The van der Waals surface area contributed by atoms with Crippen LogP contribution in [0.5, 0.6) is 11.5 Å². The second kappa shape index (κ2) is 5.90. The van der Waals surface area contributed by atoms with Gasteiger partial charge in [-0.2, -0.15) is 0 Å². The second-order valence-corrected chi connectivity index (χ2v) is 6.66. The van der Waals surface area contributed by atoms with Crippen LogP contribution in [-0.4, -0.2) is 0 Å². The van der Waals surface area contributed by atoms with E-state index in [0.29, 0.717) is 0 Å². The number of nitrogens with two attached hydrogens (primary N) is 1. The molecule has 0 aliphatic heterocycles. The maximum absolute atomic E-state index is 6.09. The smallest absolute Gasteiger partial charge is 0.132 e. The molecule has 0 fully saturated rings. The van der Waals surface area contributed by atoms with Crippen molar-refractivity contribution in [1.29, 1.82) is 0 Å². The summed E-state index contributed by atoms with van der Waals surface area (Å²) in [5.74, 6) is 1.72. The van der Waals surface area contributed by atoms with Gasteiger partial charge in [-0.3, -0.25) is 0 Å². The fourth-order valence-electron chi connectivity index (χ4n) is 2.30. The average Bonchev–Trinajstić information content (AvgIpc) is 2.40. The first-order chi connectivity index (χ1) is 9.79. The molecule has 0 heterocycles. The molecule has 0 aliphatic carbocycles. The molecule has 0 aliphatic rings. The summed E-state index contributed by atoms with van der Waals surface area (Å²) in [6, 6.07) is 14.3. The van der Waals surface area contributed by atoms with Crippen molar-refractivity contribution < 1.29 is 4.74 Å². The van der Waals surface area contributed by atoms with Crippen LogP contribution in [0.2, 0.25) is 0 Å². The molecule has 0 saturated carbocycles. The van der Waals surface area contributed by atoms with E-state index >= 15 is 0 Å². The van der Waals surface area contributed by atoms with Crippen LogP contribution in [0.3, 0.4) is 0 Å². The molecule has 2 rings (SSSR count). The van der Waals surface area contributed by atoms with Crippen molar-refractivity contribution in [1.82, 2.24) is 0 Å². The predicted octanol–water partition coefficient (Wildman–Crippen LogP) is 5.10. The van der Waals surface area contributed by atoms with Gasteiger partial charge in [-0.1, -0.05) is 51.1 Å². The minimum Gasteiger partial charge on any atom is -0.457 e. The molecule has 2 aromatic rings. The number of rotatable bonds is 3. The average molecular weight is 283 g/mol. The van der Waals surface area contributed by atoms with E-state index in [1.165, 1.54) is 5.56 Å². The first kappa shape index (κ1) is 15.6. The molecule has 0 amide bonds. The molecular formula is C19H25NO. The van der Waals surface area contributed by atoms with E-state index < -0.39 is 0 Å². The largest absolute Gasteiger partial charge is 0.457 e. The highest BCUT2D eigenvalue weighted by Crippen LogP contribution is 2.33. The van der Waals surface area contributed by atoms with Crippen LogP contribution in [0.1, 0.15) is 50.4 Å². The van der Waals surface area contributed by atoms with Gasteiger partial charge in [0.25, 0.3) is 0 Å². The van der Waals surface area contributed by atoms with Crippen molar-refractivity contribution in [2.75, 3.05) is 0 Å². The number of hydrogen-bond donors (Lipinski definition) is 1. The Kier molecular flexibility index (Phi) is 4.38. The monoisotopic (exact) mass is 283 g/mol. The Morgan fingerprint density at radius 2 is 1.67 bits per heavy atom. The number of benzene rings is 2. The van der Waals surface area contributed by atoms with Crippen molar-refractivity contribution in [2.24, 2.45) is 5.73 Å². The molecule has 0 saturated heterocycles. The first-order valence-corrected chi connectivity index (χ1v) is 7.42. The minimum absolute atomic E-state index is 0.0460. The van der Waals surface area contributed by atoms with Crippen LogP contribution >= 0.6 is 0 Å². The first-order valence-electron chi connectivity index (χ1n) is 7.42. The molecule has 2 aromatic carbocycles. The van der Waals surface area contributed by atoms with Crippen molar-refractivity contribution >= 4 is 0 Å². The Morgan fingerprint density at radius 1 is 1.00 bits per heavy atom. The number of hydrogen-bond acceptors (Lipinski definition) is 2. The summed E-state index contributed by atoms with van der Waals surface area (Å²) in [5.41, 5.74) is 9.63. The van der Waals surface area contributed by atoms with E-state index in [-0.39, 0.29) is 11.5 Å². The van der Waals surface area contributed by atoms with Gasteiger partial charge >= 0.3 is 0 Å². The van der Waals surface area contributed by atoms with Gasteiger partial charge in [-0.25, -0.2) is 0 Å². The fraction of sp³-hybridized carbons (Fsp3) is 0.368. The molecule has 21 heavy (non-hydrogen) atoms. The van der Waals surface area contributed by atoms with Crippen molar-refractivity contribution in [3.8, 4) is 11.5 Å². The second-order valence-electron chi connectivity index (χ2n) is 6.66. The van der Waals surface area contributed by atoms with Gasteiger partial charge in [-0.05, 0) is 42.5 Å².